The SMILES string of the molecule is O=C1SCC[C@H]1n1c2c(c(=S)[nH]c1=O)CCC2. The molecule has 0 aromatic carbocycles. The van der Waals surface area contributed by atoms with E-state index in [0.717, 1.165) is 42.7 Å². The predicted octanol–water partition coefficient (Wildman–Crippen LogP) is 1.60. The molecule has 0 amide bonds. The van der Waals surface area contributed by atoms with Crippen molar-refractivity contribution in [2.45, 2.75) is 31.7 Å². The van der Waals surface area contributed by atoms with Gasteiger partial charge in [-0.1, -0.05) is 24.0 Å². The zero-order chi connectivity index (χ0) is 12.0. The molecule has 1 aromatic rings. The zero-order valence-corrected chi connectivity index (χ0v) is 10.8. The highest BCUT2D eigenvalue weighted by Gasteiger charge is 2.31. The predicted molar refractivity (Wildman–Crippen MR) is 69.0 cm³/mol. The van der Waals surface area contributed by atoms with Crippen LogP contribution in [0.1, 0.15) is 30.1 Å². The number of aromatic nitrogens is 2. The molecule has 1 saturated heterocycles. The molecule has 3 rings (SSSR count). The monoisotopic (exact) mass is 268 g/mol. The van der Waals surface area contributed by atoms with Gasteiger partial charge in [-0.3, -0.25) is 14.3 Å². The van der Waals surface area contributed by atoms with Crippen LogP contribution in [0.25, 0.3) is 0 Å². The third-order valence-corrected chi connectivity index (χ3v) is 4.76. The van der Waals surface area contributed by atoms with Crippen molar-refractivity contribution in [3.8, 4) is 0 Å². The maximum atomic E-state index is 12.0. The summed E-state index contributed by atoms with van der Waals surface area (Å²) in [6, 6.07) is -0.286. The van der Waals surface area contributed by atoms with Gasteiger partial charge in [0.05, 0.1) is 0 Å². The first kappa shape index (κ1) is 11.2. The summed E-state index contributed by atoms with van der Waals surface area (Å²) in [5.74, 6) is 0.806. The first-order valence-corrected chi connectivity index (χ1v) is 7.11. The topological polar surface area (TPSA) is 54.9 Å². The minimum atomic E-state index is -0.286. The summed E-state index contributed by atoms with van der Waals surface area (Å²) in [7, 11) is 0. The van der Waals surface area contributed by atoms with Crippen molar-refractivity contribution >= 4 is 29.1 Å². The van der Waals surface area contributed by atoms with Gasteiger partial charge in [0, 0.05) is 17.0 Å². The number of nitrogens with zero attached hydrogens (tertiary/aromatic N) is 1. The molecule has 1 atom stereocenters. The van der Waals surface area contributed by atoms with E-state index in [2.05, 4.69) is 4.98 Å². The molecule has 6 heteroatoms. The highest BCUT2D eigenvalue weighted by Crippen LogP contribution is 2.32. The minimum absolute atomic E-state index is 0.103. The lowest BCUT2D eigenvalue weighted by molar-refractivity contribution is -0.113. The Balaban J connectivity index is 2.23. The Morgan fingerprint density at radius 2 is 2.18 bits per heavy atom. The minimum Gasteiger partial charge on any atom is -0.298 e. The van der Waals surface area contributed by atoms with Crippen LogP contribution in [0.4, 0.5) is 0 Å². The number of carbonyl (C=O) groups is 1. The molecular formula is C11H12N2O2S2. The highest BCUT2D eigenvalue weighted by atomic mass is 32.2. The Hall–Kier alpha value is -0.880. The molecule has 1 fully saturated rings. The van der Waals surface area contributed by atoms with Gasteiger partial charge >= 0.3 is 5.69 Å². The van der Waals surface area contributed by atoms with Crippen LogP contribution in [-0.4, -0.2) is 20.4 Å². The van der Waals surface area contributed by atoms with E-state index in [1.165, 1.54) is 11.8 Å². The lowest BCUT2D eigenvalue weighted by atomic mass is 10.2. The Bertz CT molecular complexity index is 602. The van der Waals surface area contributed by atoms with E-state index in [9.17, 15) is 9.59 Å². The number of thioether (sulfide) groups is 1. The second kappa shape index (κ2) is 4.10. The lowest BCUT2D eigenvalue weighted by Crippen LogP contribution is -2.32. The summed E-state index contributed by atoms with van der Waals surface area (Å²) < 4.78 is 2.21. The molecule has 0 spiro atoms. The van der Waals surface area contributed by atoms with Crippen LogP contribution >= 0.6 is 24.0 Å². The normalized spacial score (nSPS) is 23.1. The number of hydrogen-bond donors (Lipinski definition) is 1. The molecule has 0 unspecified atom stereocenters. The van der Waals surface area contributed by atoms with Gasteiger partial charge in [0.15, 0.2) is 0 Å². The van der Waals surface area contributed by atoms with Crippen molar-refractivity contribution in [2.75, 3.05) is 5.75 Å². The van der Waals surface area contributed by atoms with Gasteiger partial charge in [0.2, 0.25) is 5.12 Å². The molecule has 1 aromatic heterocycles. The van der Waals surface area contributed by atoms with E-state index in [-0.39, 0.29) is 16.8 Å². The number of carbonyl (C=O) groups excluding carboxylic acids is 1. The summed E-state index contributed by atoms with van der Waals surface area (Å²) in [5, 5.41) is 0.103. The molecule has 90 valence electrons. The second-order valence-corrected chi connectivity index (χ2v) is 5.89. The van der Waals surface area contributed by atoms with Gasteiger partial charge in [-0.2, -0.15) is 0 Å². The van der Waals surface area contributed by atoms with Gasteiger partial charge in [-0.15, -0.1) is 0 Å². The third kappa shape index (κ3) is 1.70. The molecule has 2 heterocycles. The quantitative estimate of drug-likeness (QED) is 0.786. The Morgan fingerprint density at radius 1 is 1.35 bits per heavy atom. The number of nitrogens with one attached hydrogen (secondary N) is 1. The molecule has 1 aliphatic carbocycles. The average molecular weight is 268 g/mol. The van der Waals surface area contributed by atoms with Gasteiger partial charge in [-0.05, 0) is 25.7 Å². The number of H-pyrrole nitrogens is 1. The summed E-state index contributed by atoms with van der Waals surface area (Å²) >= 11 is 6.49. The van der Waals surface area contributed by atoms with Crippen molar-refractivity contribution < 1.29 is 4.79 Å². The summed E-state index contributed by atoms with van der Waals surface area (Å²) in [6.45, 7) is 0. The van der Waals surface area contributed by atoms with E-state index in [1.54, 1.807) is 4.57 Å². The van der Waals surface area contributed by atoms with Crippen LogP contribution in [0.15, 0.2) is 4.79 Å². The van der Waals surface area contributed by atoms with Crippen LogP contribution in [0.5, 0.6) is 0 Å². The second-order valence-electron chi connectivity index (χ2n) is 4.38. The largest absolute Gasteiger partial charge is 0.327 e. The Kier molecular flexibility index (Phi) is 2.71. The smallest absolute Gasteiger partial charge is 0.298 e. The average Bonchev–Trinajstić information content (AvgIpc) is 2.88. The fourth-order valence-electron chi connectivity index (χ4n) is 2.64. The molecule has 0 bridgehead atoms. The van der Waals surface area contributed by atoms with Crippen LogP contribution in [-0.2, 0) is 17.6 Å². The van der Waals surface area contributed by atoms with Crippen LogP contribution < -0.4 is 5.69 Å². The molecule has 0 radical (unpaired) electrons. The number of hydrogen-bond acceptors (Lipinski definition) is 4. The van der Waals surface area contributed by atoms with Crippen molar-refractivity contribution in [2.24, 2.45) is 0 Å². The van der Waals surface area contributed by atoms with Gasteiger partial charge < -0.3 is 0 Å². The molecular weight excluding hydrogens is 256 g/mol. The number of aromatic amines is 1. The maximum absolute atomic E-state index is 12.0. The molecule has 1 aliphatic heterocycles. The molecule has 1 N–H and O–H groups in total. The zero-order valence-electron chi connectivity index (χ0n) is 9.19. The number of fused-ring (bicyclic) bond motifs is 1. The van der Waals surface area contributed by atoms with Crippen molar-refractivity contribution in [1.29, 1.82) is 0 Å². The van der Waals surface area contributed by atoms with Crippen LogP contribution in [0.3, 0.4) is 0 Å². The molecule has 0 saturated carbocycles. The standard InChI is InChI=1S/C11H12N2O2S2/c14-10-8(4-5-17-10)13-7-3-1-2-6(7)9(16)12-11(13)15/h8H,1-5H2,(H,12,15,16)/t8-/m1/s1. The van der Waals surface area contributed by atoms with Gasteiger partial charge in [0.25, 0.3) is 0 Å². The third-order valence-electron chi connectivity index (χ3n) is 3.41. The van der Waals surface area contributed by atoms with E-state index in [1.807, 2.05) is 0 Å². The van der Waals surface area contributed by atoms with E-state index in [0.29, 0.717) is 4.64 Å². The van der Waals surface area contributed by atoms with E-state index < -0.39 is 0 Å². The van der Waals surface area contributed by atoms with Crippen molar-refractivity contribution in [1.82, 2.24) is 9.55 Å². The van der Waals surface area contributed by atoms with E-state index in [4.69, 9.17) is 12.2 Å². The van der Waals surface area contributed by atoms with Gasteiger partial charge in [-0.25, -0.2) is 4.79 Å². The highest BCUT2D eigenvalue weighted by molar-refractivity contribution is 8.14. The summed E-state index contributed by atoms with van der Waals surface area (Å²) in [5.41, 5.74) is 1.82. The fraction of sp³-hybridized carbons (Fsp3) is 0.545. The molecule has 4 nitrogen and oxygen atoms in total. The Labute approximate surface area is 107 Å². The first-order valence-electron chi connectivity index (χ1n) is 5.71. The van der Waals surface area contributed by atoms with E-state index >= 15 is 0 Å². The maximum Gasteiger partial charge on any atom is 0.327 e. The van der Waals surface area contributed by atoms with Crippen molar-refractivity contribution in [3.05, 3.63) is 26.4 Å². The first-order chi connectivity index (χ1) is 8.18. The fourth-order valence-corrected chi connectivity index (χ4v) is 3.91. The van der Waals surface area contributed by atoms with Gasteiger partial charge in [0.1, 0.15) is 10.7 Å². The molecule has 17 heavy (non-hydrogen) atoms. The summed E-state index contributed by atoms with van der Waals surface area (Å²) in [4.78, 5) is 26.5. The molecule has 2 aliphatic rings. The summed E-state index contributed by atoms with van der Waals surface area (Å²) in [6.07, 6.45) is 3.54. The lowest BCUT2D eigenvalue weighted by Gasteiger charge is -2.16. The van der Waals surface area contributed by atoms with Crippen molar-refractivity contribution in [3.63, 3.8) is 0 Å². The number of rotatable bonds is 1. The van der Waals surface area contributed by atoms with Crippen LogP contribution in [0, 0.1) is 4.64 Å². The van der Waals surface area contributed by atoms with Crippen LogP contribution in [0.2, 0.25) is 0 Å². The Morgan fingerprint density at radius 3 is 2.88 bits per heavy atom.